The van der Waals surface area contributed by atoms with Crippen molar-refractivity contribution >= 4 is 23.4 Å². The molecule has 1 aromatic rings. The van der Waals surface area contributed by atoms with Gasteiger partial charge >= 0.3 is 0 Å². The third kappa shape index (κ3) is 3.35. The Morgan fingerprint density at radius 3 is 3.00 bits per heavy atom. The zero-order valence-corrected chi connectivity index (χ0v) is 14.4. The van der Waals surface area contributed by atoms with Crippen molar-refractivity contribution in [1.82, 2.24) is 10.2 Å². The summed E-state index contributed by atoms with van der Waals surface area (Å²) in [6.07, 6.45) is 1.74. The van der Waals surface area contributed by atoms with Gasteiger partial charge in [-0.1, -0.05) is 11.6 Å². The molecule has 2 amide bonds. The molecule has 1 saturated heterocycles. The zero-order chi connectivity index (χ0) is 17.3. The number of hydrogen-bond acceptors (Lipinski definition) is 4. The summed E-state index contributed by atoms with van der Waals surface area (Å²) >= 11 is 6.11. The maximum absolute atomic E-state index is 12.5. The first-order valence-electron chi connectivity index (χ1n) is 8.09. The van der Waals surface area contributed by atoms with Gasteiger partial charge in [0.1, 0.15) is 5.75 Å². The fourth-order valence-corrected chi connectivity index (χ4v) is 3.57. The Morgan fingerprint density at radius 1 is 1.46 bits per heavy atom. The molecule has 0 spiro atoms. The molecule has 2 heterocycles. The molecule has 0 aliphatic carbocycles. The van der Waals surface area contributed by atoms with E-state index in [0.29, 0.717) is 31.0 Å². The second-order valence-electron chi connectivity index (χ2n) is 6.41. The lowest BCUT2D eigenvalue weighted by molar-refractivity contribution is -0.150. The first-order valence-corrected chi connectivity index (χ1v) is 8.47. The summed E-state index contributed by atoms with van der Waals surface area (Å²) in [5.74, 6) is 0.155. The van der Waals surface area contributed by atoms with Crippen LogP contribution in [0.2, 0.25) is 5.02 Å². The molecule has 6 nitrogen and oxygen atoms in total. The molecule has 2 aliphatic heterocycles. The number of nitrogens with zero attached hydrogens (tertiary/aromatic N) is 1. The molecule has 1 aromatic carbocycles. The lowest BCUT2D eigenvalue weighted by atomic mass is 9.91. The van der Waals surface area contributed by atoms with E-state index in [2.05, 4.69) is 5.32 Å². The number of amides is 2. The van der Waals surface area contributed by atoms with Crippen molar-refractivity contribution in [2.75, 3.05) is 19.7 Å². The van der Waals surface area contributed by atoms with Crippen molar-refractivity contribution in [3.05, 3.63) is 28.3 Å². The largest absolute Gasteiger partial charge is 0.493 e. The van der Waals surface area contributed by atoms with Gasteiger partial charge in [0.2, 0.25) is 5.91 Å². The molecule has 24 heavy (non-hydrogen) atoms. The van der Waals surface area contributed by atoms with E-state index in [1.54, 1.807) is 6.07 Å². The first kappa shape index (κ1) is 17.0. The van der Waals surface area contributed by atoms with E-state index < -0.39 is 11.5 Å². The maximum Gasteiger partial charge on any atom is 0.254 e. The van der Waals surface area contributed by atoms with E-state index in [4.69, 9.17) is 16.3 Å². The number of carbonyl (C=O) groups is 2. The van der Waals surface area contributed by atoms with Gasteiger partial charge in [-0.25, -0.2) is 0 Å². The molecule has 1 unspecified atom stereocenters. The Balaban J connectivity index is 1.69. The molecule has 1 atom stereocenters. The number of fused-ring (bicyclic) bond motifs is 1. The van der Waals surface area contributed by atoms with Crippen LogP contribution in [-0.4, -0.2) is 47.1 Å². The number of benzene rings is 1. The van der Waals surface area contributed by atoms with Crippen molar-refractivity contribution in [3.8, 4) is 5.75 Å². The molecule has 3 rings (SSSR count). The van der Waals surface area contributed by atoms with E-state index in [1.165, 1.54) is 11.8 Å². The monoisotopic (exact) mass is 352 g/mol. The standard InChI is InChI=1S/C17H21ClN2O4/c1-11(21)20-5-2-4-17(23,10-20)16(22)19-9-13-8-14(18)7-12-3-6-24-15(12)13/h7-8,23H,2-6,9-10H2,1H3,(H,19,22). The highest BCUT2D eigenvalue weighted by atomic mass is 35.5. The third-order valence-electron chi connectivity index (χ3n) is 4.60. The van der Waals surface area contributed by atoms with Crippen molar-refractivity contribution in [2.24, 2.45) is 0 Å². The predicted molar refractivity (Wildman–Crippen MR) is 88.9 cm³/mol. The van der Waals surface area contributed by atoms with Gasteiger partial charge in [-0.15, -0.1) is 0 Å². The van der Waals surface area contributed by atoms with Crippen LogP contribution in [0.5, 0.6) is 5.75 Å². The molecule has 0 aromatic heterocycles. The summed E-state index contributed by atoms with van der Waals surface area (Å²) in [5.41, 5.74) is 0.282. The van der Waals surface area contributed by atoms with Gasteiger partial charge < -0.3 is 20.1 Å². The summed E-state index contributed by atoms with van der Waals surface area (Å²) < 4.78 is 5.61. The predicted octanol–water partition coefficient (Wildman–Crippen LogP) is 1.26. The second kappa shape index (κ2) is 6.61. The molecule has 2 aliphatic rings. The van der Waals surface area contributed by atoms with Gasteiger partial charge in [0.15, 0.2) is 5.60 Å². The Bertz CT molecular complexity index is 679. The van der Waals surface area contributed by atoms with Crippen molar-refractivity contribution in [2.45, 2.75) is 38.3 Å². The average molecular weight is 353 g/mol. The highest BCUT2D eigenvalue weighted by Crippen LogP contribution is 2.33. The minimum absolute atomic E-state index is 0.0261. The quantitative estimate of drug-likeness (QED) is 0.858. The number of hydrogen-bond donors (Lipinski definition) is 2. The van der Waals surface area contributed by atoms with E-state index in [0.717, 1.165) is 23.3 Å². The van der Waals surface area contributed by atoms with Crippen molar-refractivity contribution in [1.29, 1.82) is 0 Å². The van der Waals surface area contributed by atoms with Gasteiger partial charge in [-0.3, -0.25) is 9.59 Å². The van der Waals surface area contributed by atoms with Crippen LogP contribution in [0.15, 0.2) is 12.1 Å². The summed E-state index contributed by atoms with van der Waals surface area (Å²) in [5, 5.41) is 14.0. The van der Waals surface area contributed by atoms with Crippen LogP contribution in [0.1, 0.15) is 30.9 Å². The Labute approximate surface area is 145 Å². The molecule has 0 radical (unpaired) electrons. The lowest BCUT2D eigenvalue weighted by Crippen LogP contribution is -2.57. The van der Waals surface area contributed by atoms with Crippen molar-refractivity contribution < 1.29 is 19.4 Å². The number of carbonyl (C=O) groups excluding carboxylic acids is 2. The van der Waals surface area contributed by atoms with Gasteiger partial charge in [0.05, 0.1) is 13.2 Å². The van der Waals surface area contributed by atoms with Crippen molar-refractivity contribution in [3.63, 3.8) is 0 Å². The van der Waals surface area contributed by atoms with Crippen LogP contribution < -0.4 is 10.1 Å². The Hall–Kier alpha value is -1.79. The van der Waals surface area contributed by atoms with Crippen LogP contribution >= 0.6 is 11.6 Å². The normalized spacial score (nSPS) is 22.7. The molecule has 0 bridgehead atoms. The molecule has 1 fully saturated rings. The first-order chi connectivity index (χ1) is 11.4. The average Bonchev–Trinajstić information content (AvgIpc) is 3.00. The molecule has 7 heteroatoms. The molecule has 0 saturated carbocycles. The maximum atomic E-state index is 12.5. The van der Waals surface area contributed by atoms with Crippen LogP contribution in [0.25, 0.3) is 0 Å². The minimum Gasteiger partial charge on any atom is -0.493 e. The van der Waals surface area contributed by atoms with Gasteiger partial charge in [-0.2, -0.15) is 0 Å². The van der Waals surface area contributed by atoms with Gasteiger partial charge in [0.25, 0.3) is 5.91 Å². The topological polar surface area (TPSA) is 78.9 Å². The van der Waals surface area contributed by atoms with Crippen LogP contribution in [0, 0.1) is 0 Å². The van der Waals surface area contributed by atoms with E-state index >= 15 is 0 Å². The summed E-state index contributed by atoms with van der Waals surface area (Å²) in [4.78, 5) is 25.5. The lowest BCUT2D eigenvalue weighted by Gasteiger charge is -2.37. The smallest absolute Gasteiger partial charge is 0.254 e. The third-order valence-corrected chi connectivity index (χ3v) is 4.82. The number of aliphatic hydroxyl groups is 1. The summed E-state index contributed by atoms with van der Waals surface area (Å²) in [7, 11) is 0. The Morgan fingerprint density at radius 2 is 2.25 bits per heavy atom. The fraction of sp³-hybridized carbons (Fsp3) is 0.529. The number of nitrogens with one attached hydrogen (secondary N) is 1. The molecule has 2 N–H and O–H groups in total. The number of rotatable bonds is 3. The summed E-state index contributed by atoms with van der Waals surface area (Å²) in [6.45, 7) is 2.87. The van der Waals surface area contributed by atoms with Gasteiger partial charge in [0, 0.05) is 37.0 Å². The number of halogens is 1. The van der Waals surface area contributed by atoms with Crippen LogP contribution in [0.4, 0.5) is 0 Å². The minimum atomic E-state index is -1.55. The molecular weight excluding hydrogens is 332 g/mol. The van der Waals surface area contributed by atoms with E-state index in [9.17, 15) is 14.7 Å². The fourth-order valence-electron chi connectivity index (χ4n) is 3.31. The van der Waals surface area contributed by atoms with Crippen LogP contribution in [0.3, 0.4) is 0 Å². The number of likely N-dealkylation sites (tertiary alicyclic amines) is 1. The zero-order valence-electron chi connectivity index (χ0n) is 13.6. The number of β-amino-alcohol motifs (C(OH)–C–C–N with tert-alkyl or cyclic N) is 1. The summed E-state index contributed by atoms with van der Waals surface area (Å²) in [6, 6.07) is 3.63. The van der Waals surface area contributed by atoms with Crippen LogP contribution in [-0.2, 0) is 22.6 Å². The van der Waals surface area contributed by atoms with E-state index in [-0.39, 0.29) is 19.0 Å². The molecular formula is C17H21ClN2O4. The highest BCUT2D eigenvalue weighted by molar-refractivity contribution is 6.30. The number of ether oxygens (including phenoxy) is 1. The SMILES string of the molecule is CC(=O)N1CCCC(O)(C(=O)NCc2cc(Cl)cc3c2OCC3)C1. The number of piperidine rings is 1. The Kier molecular flexibility index (Phi) is 4.69. The van der Waals surface area contributed by atoms with E-state index in [1.807, 2.05) is 6.07 Å². The second-order valence-corrected chi connectivity index (χ2v) is 6.85. The molecule has 130 valence electrons. The van der Waals surface area contributed by atoms with Gasteiger partial charge in [-0.05, 0) is 30.5 Å². The highest BCUT2D eigenvalue weighted by Gasteiger charge is 2.41.